The summed E-state index contributed by atoms with van der Waals surface area (Å²) in [5.41, 5.74) is 0.530. The first-order chi connectivity index (χ1) is 8.74. The molecule has 0 fully saturated rings. The molecule has 0 heterocycles. The van der Waals surface area contributed by atoms with Crippen molar-refractivity contribution in [3.63, 3.8) is 0 Å². The lowest BCUT2D eigenvalue weighted by molar-refractivity contribution is -0.384. The van der Waals surface area contributed by atoms with Crippen molar-refractivity contribution >= 4 is 17.4 Å². The molecule has 5 heteroatoms. The van der Waals surface area contributed by atoms with Crippen LogP contribution in [0.15, 0.2) is 34.3 Å². The number of nitrogens with zero attached hydrogens (tertiary/aromatic N) is 3. The highest BCUT2D eigenvalue weighted by Gasteiger charge is 2.03. The maximum Gasteiger partial charge on any atom is 0.271 e. The molecule has 0 aliphatic rings. The first kappa shape index (κ1) is 14.1. The predicted octanol–water partition coefficient (Wildman–Crippen LogP) is 3.98. The fourth-order valence-corrected chi connectivity index (χ4v) is 1.44. The quantitative estimate of drug-likeness (QED) is 0.316. The Kier molecular flexibility index (Phi) is 6.36. The second-order valence-electron chi connectivity index (χ2n) is 3.93. The van der Waals surface area contributed by atoms with Gasteiger partial charge < -0.3 is 0 Å². The van der Waals surface area contributed by atoms with Crippen molar-refractivity contribution in [1.82, 2.24) is 0 Å². The molecular formula is C13H17N3O2. The molecule has 0 aliphatic carbocycles. The van der Waals surface area contributed by atoms with Crippen LogP contribution in [0.3, 0.4) is 0 Å². The third kappa shape index (κ3) is 5.37. The standard InChI is InChI=1S/C13H17N3O2/c1-2-3-4-5-9-14-11-15-12-7-6-8-13(10-12)16(17)18/h6-8,10H,2-5,9H2,1H3. The highest BCUT2D eigenvalue weighted by molar-refractivity contribution is 5.55. The molecule has 0 atom stereocenters. The van der Waals surface area contributed by atoms with Crippen LogP contribution in [0.25, 0.3) is 0 Å². The molecule has 1 aromatic carbocycles. The van der Waals surface area contributed by atoms with Crippen LogP contribution in [0.4, 0.5) is 11.4 Å². The van der Waals surface area contributed by atoms with E-state index in [1.54, 1.807) is 12.1 Å². The Morgan fingerprint density at radius 2 is 2.17 bits per heavy atom. The van der Waals surface area contributed by atoms with Crippen LogP contribution in [-0.2, 0) is 0 Å². The summed E-state index contributed by atoms with van der Waals surface area (Å²) in [5, 5.41) is 10.5. The van der Waals surface area contributed by atoms with Crippen LogP contribution in [0, 0.1) is 10.1 Å². The average molecular weight is 247 g/mol. The molecule has 0 unspecified atom stereocenters. The van der Waals surface area contributed by atoms with E-state index in [2.05, 4.69) is 22.9 Å². The fraction of sp³-hybridized carbons (Fsp3) is 0.462. The number of nitro groups is 1. The second kappa shape index (κ2) is 8.14. The summed E-state index contributed by atoms with van der Waals surface area (Å²) in [6.45, 7) is 2.87. The van der Waals surface area contributed by atoms with Gasteiger partial charge in [0, 0.05) is 18.7 Å². The number of aliphatic imine (C=N–C) groups is 2. The van der Waals surface area contributed by atoms with Gasteiger partial charge in [-0.1, -0.05) is 32.3 Å². The first-order valence-corrected chi connectivity index (χ1v) is 6.10. The summed E-state index contributed by atoms with van der Waals surface area (Å²) in [6, 6.07) is 8.69. The summed E-state index contributed by atoms with van der Waals surface area (Å²) in [5.74, 6) is 0. The zero-order chi connectivity index (χ0) is 13.2. The summed E-state index contributed by atoms with van der Waals surface area (Å²) in [6.07, 6.45) is 4.62. The Hall–Kier alpha value is -2.00. The van der Waals surface area contributed by atoms with Gasteiger partial charge in [-0.2, -0.15) is 4.99 Å². The molecule has 0 aliphatic heterocycles. The molecule has 5 nitrogen and oxygen atoms in total. The molecule has 0 saturated carbocycles. The number of hydrogen-bond acceptors (Lipinski definition) is 4. The van der Waals surface area contributed by atoms with Crippen LogP contribution in [-0.4, -0.2) is 17.5 Å². The minimum absolute atomic E-state index is 0.0287. The minimum Gasteiger partial charge on any atom is -0.258 e. The Bertz CT molecular complexity index is 451. The van der Waals surface area contributed by atoms with Crippen LogP contribution in [0.2, 0.25) is 0 Å². The zero-order valence-corrected chi connectivity index (χ0v) is 10.5. The van der Waals surface area contributed by atoms with Gasteiger partial charge >= 0.3 is 0 Å². The summed E-state index contributed by atoms with van der Waals surface area (Å²) in [7, 11) is 0. The van der Waals surface area contributed by atoms with E-state index in [0.717, 1.165) is 6.42 Å². The smallest absolute Gasteiger partial charge is 0.258 e. The lowest BCUT2D eigenvalue weighted by Gasteiger charge is -1.92. The lowest BCUT2D eigenvalue weighted by atomic mass is 10.2. The lowest BCUT2D eigenvalue weighted by Crippen LogP contribution is -1.85. The first-order valence-electron chi connectivity index (χ1n) is 6.10. The van der Waals surface area contributed by atoms with Gasteiger partial charge in [0.25, 0.3) is 5.69 Å². The van der Waals surface area contributed by atoms with Crippen molar-refractivity contribution in [3.8, 4) is 0 Å². The van der Waals surface area contributed by atoms with E-state index in [4.69, 9.17) is 0 Å². The summed E-state index contributed by atoms with van der Waals surface area (Å²) in [4.78, 5) is 18.1. The molecule has 0 saturated heterocycles. The van der Waals surface area contributed by atoms with E-state index in [0.29, 0.717) is 12.2 Å². The number of rotatable bonds is 7. The second-order valence-corrected chi connectivity index (χ2v) is 3.93. The largest absolute Gasteiger partial charge is 0.271 e. The van der Waals surface area contributed by atoms with Crippen LogP contribution in [0.1, 0.15) is 32.6 Å². The van der Waals surface area contributed by atoms with E-state index in [-0.39, 0.29) is 5.69 Å². The van der Waals surface area contributed by atoms with Crippen LogP contribution < -0.4 is 0 Å². The maximum absolute atomic E-state index is 10.5. The number of hydrogen-bond donors (Lipinski definition) is 0. The van der Waals surface area contributed by atoms with Crippen molar-refractivity contribution in [2.24, 2.45) is 9.98 Å². The van der Waals surface area contributed by atoms with Crippen molar-refractivity contribution in [1.29, 1.82) is 0 Å². The molecule has 0 radical (unpaired) electrons. The molecule has 96 valence electrons. The molecule has 0 bridgehead atoms. The normalized spacial score (nSPS) is 9.61. The fourth-order valence-electron chi connectivity index (χ4n) is 1.44. The highest BCUT2D eigenvalue weighted by atomic mass is 16.6. The summed E-state index contributed by atoms with van der Waals surface area (Å²) >= 11 is 0. The number of benzene rings is 1. The van der Waals surface area contributed by atoms with Gasteiger partial charge in [-0.3, -0.25) is 10.1 Å². The van der Waals surface area contributed by atoms with Gasteiger partial charge in [0.15, 0.2) is 0 Å². The van der Waals surface area contributed by atoms with Gasteiger partial charge in [0.1, 0.15) is 0 Å². The Balaban J connectivity index is 2.48. The SMILES string of the molecule is CCCCCCN=C=Nc1cccc([N+](=O)[O-])c1. The molecule has 0 aromatic heterocycles. The van der Waals surface area contributed by atoms with Gasteiger partial charge in [-0.15, -0.1) is 0 Å². The van der Waals surface area contributed by atoms with E-state index in [1.807, 2.05) is 0 Å². The van der Waals surface area contributed by atoms with Gasteiger partial charge in [-0.25, -0.2) is 4.99 Å². The molecule has 0 spiro atoms. The van der Waals surface area contributed by atoms with Crippen molar-refractivity contribution in [3.05, 3.63) is 34.4 Å². The zero-order valence-electron chi connectivity index (χ0n) is 10.5. The predicted molar refractivity (Wildman–Crippen MR) is 71.6 cm³/mol. The van der Waals surface area contributed by atoms with E-state index in [1.165, 1.54) is 31.4 Å². The van der Waals surface area contributed by atoms with Crippen molar-refractivity contribution in [2.75, 3.05) is 6.54 Å². The topological polar surface area (TPSA) is 67.9 Å². The molecule has 0 amide bonds. The molecule has 1 rings (SSSR count). The Morgan fingerprint density at radius 1 is 1.33 bits per heavy atom. The van der Waals surface area contributed by atoms with Gasteiger partial charge in [-0.05, 0) is 12.5 Å². The number of unbranched alkanes of at least 4 members (excludes halogenated alkanes) is 3. The van der Waals surface area contributed by atoms with Crippen molar-refractivity contribution < 1.29 is 4.92 Å². The van der Waals surface area contributed by atoms with Gasteiger partial charge in [0.2, 0.25) is 0 Å². The third-order valence-electron chi connectivity index (χ3n) is 2.41. The van der Waals surface area contributed by atoms with E-state index >= 15 is 0 Å². The third-order valence-corrected chi connectivity index (χ3v) is 2.41. The Labute approximate surface area is 106 Å². The minimum atomic E-state index is -0.444. The van der Waals surface area contributed by atoms with Crippen molar-refractivity contribution in [2.45, 2.75) is 32.6 Å². The number of nitro benzene ring substituents is 1. The molecule has 1 aromatic rings. The molecule has 18 heavy (non-hydrogen) atoms. The monoisotopic (exact) mass is 247 g/mol. The Morgan fingerprint density at radius 3 is 2.89 bits per heavy atom. The molecule has 0 N–H and O–H groups in total. The van der Waals surface area contributed by atoms with E-state index < -0.39 is 4.92 Å². The number of non-ortho nitro benzene ring substituents is 1. The summed E-state index contributed by atoms with van der Waals surface area (Å²) < 4.78 is 0. The molecular weight excluding hydrogens is 230 g/mol. The van der Waals surface area contributed by atoms with E-state index in [9.17, 15) is 10.1 Å². The maximum atomic E-state index is 10.5. The average Bonchev–Trinajstić information content (AvgIpc) is 2.38. The van der Waals surface area contributed by atoms with Crippen LogP contribution >= 0.6 is 0 Å². The van der Waals surface area contributed by atoms with Gasteiger partial charge in [0.05, 0.1) is 16.6 Å². The highest BCUT2D eigenvalue weighted by Crippen LogP contribution is 2.18. The van der Waals surface area contributed by atoms with Crippen LogP contribution in [0.5, 0.6) is 0 Å².